The Morgan fingerprint density at radius 1 is 1.38 bits per heavy atom. The third kappa shape index (κ3) is 2.86. The van der Waals surface area contributed by atoms with E-state index in [0.29, 0.717) is 21.9 Å². The van der Waals surface area contributed by atoms with E-state index in [1.807, 2.05) is 11.4 Å². The molecule has 1 amide bonds. The van der Waals surface area contributed by atoms with Gasteiger partial charge in [0.2, 0.25) is 6.79 Å². The van der Waals surface area contributed by atoms with Gasteiger partial charge < -0.3 is 19.9 Å². The number of thiophene rings is 1. The third-order valence-corrected chi connectivity index (χ3v) is 4.20. The van der Waals surface area contributed by atoms with Gasteiger partial charge in [-0.3, -0.25) is 4.79 Å². The summed E-state index contributed by atoms with van der Waals surface area (Å²) in [5.41, 5.74) is -0.522. The predicted molar refractivity (Wildman–Crippen MR) is 78.8 cm³/mol. The molecule has 0 spiro atoms. The van der Waals surface area contributed by atoms with Crippen LogP contribution < -0.4 is 14.8 Å². The first-order chi connectivity index (χ1) is 10.1. The molecule has 1 aliphatic rings. The molecular formula is C15H15NO4S. The van der Waals surface area contributed by atoms with E-state index in [9.17, 15) is 9.90 Å². The lowest BCUT2D eigenvalue weighted by molar-refractivity contribution is 0.0526. The lowest BCUT2D eigenvalue weighted by Gasteiger charge is -2.24. The quantitative estimate of drug-likeness (QED) is 0.908. The molecule has 2 N–H and O–H groups in total. The number of rotatable bonds is 4. The maximum Gasteiger partial charge on any atom is 0.261 e. The van der Waals surface area contributed by atoms with E-state index >= 15 is 0 Å². The van der Waals surface area contributed by atoms with Crippen LogP contribution in [0, 0.1) is 0 Å². The van der Waals surface area contributed by atoms with E-state index in [1.54, 1.807) is 31.2 Å². The van der Waals surface area contributed by atoms with Crippen LogP contribution in [0.15, 0.2) is 35.7 Å². The monoisotopic (exact) mass is 305 g/mol. The van der Waals surface area contributed by atoms with Crippen molar-refractivity contribution < 1.29 is 19.4 Å². The summed E-state index contributed by atoms with van der Waals surface area (Å²) in [6.45, 7) is 1.96. The van der Waals surface area contributed by atoms with Crippen molar-refractivity contribution >= 4 is 17.2 Å². The van der Waals surface area contributed by atoms with Gasteiger partial charge in [-0.25, -0.2) is 0 Å². The first-order valence-electron chi connectivity index (χ1n) is 6.50. The fourth-order valence-electron chi connectivity index (χ4n) is 2.08. The zero-order chi connectivity index (χ0) is 14.9. The number of benzene rings is 1. The lowest BCUT2D eigenvalue weighted by atomic mass is 9.95. The molecule has 0 radical (unpaired) electrons. The summed E-state index contributed by atoms with van der Waals surface area (Å²) >= 11 is 1.36. The SMILES string of the molecule is CC(O)(CNC(=O)c1cccs1)c1ccc2c(c1)OCO2. The molecule has 0 bridgehead atoms. The van der Waals surface area contributed by atoms with Crippen LogP contribution >= 0.6 is 11.3 Å². The average Bonchev–Trinajstić information content (AvgIpc) is 3.14. The highest BCUT2D eigenvalue weighted by Crippen LogP contribution is 2.35. The van der Waals surface area contributed by atoms with E-state index in [2.05, 4.69) is 5.32 Å². The molecule has 0 aliphatic carbocycles. The number of aliphatic hydroxyl groups is 1. The number of hydrogen-bond acceptors (Lipinski definition) is 5. The van der Waals surface area contributed by atoms with Crippen molar-refractivity contribution in [3.05, 3.63) is 46.2 Å². The van der Waals surface area contributed by atoms with Gasteiger partial charge in [0.05, 0.1) is 11.4 Å². The molecule has 0 fully saturated rings. The van der Waals surface area contributed by atoms with Crippen LogP contribution in [0.2, 0.25) is 0 Å². The van der Waals surface area contributed by atoms with Gasteiger partial charge in [-0.15, -0.1) is 11.3 Å². The van der Waals surface area contributed by atoms with Crippen molar-refractivity contribution in [1.82, 2.24) is 5.32 Å². The van der Waals surface area contributed by atoms with Crippen molar-refractivity contribution in [3.8, 4) is 11.5 Å². The minimum atomic E-state index is -1.19. The zero-order valence-corrected chi connectivity index (χ0v) is 12.3. The van der Waals surface area contributed by atoms with E-state index in [1.165, 1.54) is 11.3 Å². The summed E-state index contributed by atoms with van der Waals surface area (Å²) in [5.74, 6) is 1.08. The minimum Gasteiger partial charge on any atom is -0.454 e. The highest BCUT2D eigenvalue weighted by atomic mass is 32.1. The maximum absolute atomic E-state index is 11.9. The molecule has 0 saturated heterocycles. The summed E-state index contributed by atoms with van der Waals surface area (Å²) in [6, 6.07) is 8.82. The molecule has 1 aliphatic heterocycles. The molecule has 2 aromatic rings. The van der Waals surface area contributed by atoms with Gasteiger partial charge in [0.15, 0.2) is 11.5 Å². The number of ether oxygens (including phenoxy) is 2. The van der Waals surface area contributed by atoms with Gasteiger partial charge in [0.1, 0.15) is 5.60 Å². The van der Waals surface area contributed by atoms with Crippen molar-refractivity contribution in [3.63, 3.8) is 0 Å². The second-order valence-electron chi connectivity index (χ2n) is 5.00. The number of amides is 1. The Morgan fingerprint density at radius 2 is 2.19 bits per heavy atom. The standard InChI is InChI=1S/C15H15NO4S/c1-15(18,8-16-14(17)13-3-2-6-21-13)10-4-5-11-12(7-10)20-9-19-11/h2-7,18H,8-9H2,1H3,(H,16,17). The number of nitrogens with one attached hydrogen (secondary N) is 1. The fourth-order valence-corrected chi connectivity index (χ4v) is 2.72. The Hall–Kier alpha value is -2.05. The molecule has 3 rings (SSSR count). The molecule has 2 heterocycles. The second kappa shape index (κ2) is 5.38. The molecule has 21 heavy (non-hydrogen) atoms. The smallest absolute Gasteiger partial charge is 0.261 e. The summed E-state index contributed by atoms with van der Waals surface area (Å²) in [4.78, 5) is 12.5. The maximum atomic E-state index is 11.9. The van der Waals surface area contributed by atoms with Gasteiger partial charge in [-0.1, -0.05) is 12.1 Å². The van der Waals surface area contributed by atoms with E-state index in [-0.39, 0.29) is 19.2 Å². The van der Waals surface area contributed by atoms with Crippen molar-refractivity contribution in [2.24, 2.45) is 0 Å². The summed E-state index contributed by atoms with van der Waals surface area (Å²) < 4.78 is 10.5. The highest BCUT2D eigenvalue weighted by Gasteiger charge is 2.26. The Labute approximate surface area is 126 Å². The van der Waals surface area contributed by atoms with E-state index in [4.69, 9.17) is 9.47 Å². The molecule has 5 nitrogen and oxygen atoms in total. The Morgan fingerprint density at radius 3 is 2.95 bits per heavy atom. The van der Waals surface area contributed by atoms with Crippen molar-refractivity contribution in [1.29, 1.82) is 0 Å². The largest absolute Gasteiger partial charge is 0.454 e. The predicted octanol–water partition coefficient (Wildman–Crippen LogP) is 2.11. The second-order valence-corrected chi connectivity index (χ2v) is 5.95. The zero-order valence-electron chi connectivity index (χ0n) is 11.5. The Balaban J connectivity index is 1.70. The first kappa shape index (κ1) is 13.9. The number of carbonyl (C=O) groups is 1. The van der Waals surface area contributed by atoms with E-state index in [0.717, 1.165) is 0 Å². The minimum absolute atomic E-state index is 0.114. The van der Waals surface area contributed by atoms with Crippen LogP contribution in [-0.2, 0) is 5.60 Å². The van der Waals surface area contributed by atoms with Crippen molar-refractivity contribution in [2.45, 2.75) is 12.5 Å². The van der Waals surface area contributed by atoms with Crippen LogP contribution in [-0.4, -0.2) is 24.4 Å². The first-order valence-corrected chi connectivity index (χ1v) is 7.38. The number of fused-ring (bicyclic) bond motifs is 1. The summed E-state index contributed by atoms with van der Waals surface area (Å²) in [5, 5.41) is 15.1. The topological polar surface area (TPSA) is 67.8 Å². The Kier molecular flexibility index (Phi) is 3.57. The number of carbonyl (C=O) groups excluding carboxylic acids is 1. The summed E-state index contributed by atoms with van der Waals surface area (Å²) in [6.07, 6.45) is 0. The van der Waals surface area contributed by atoms with E-state index < -0.39 is 5.60 Å². The normalized spacial score (nSPS) is 15.5. The van der Waals surface area contributed by atoms with Crippen LogP contribution in [0.4, 0.5) is 0 Å². The molecule has 1 atom stereocenters. The fraction of sp³-hybridized carbons (Fsp3) is 0.267. The average molecular weight is 305 g/mol. The van der Waals surface area contributed by atoms with Crippen LogP contribution in [0.25, 0.3) is 0 Å². The van der Waals surface area contributed by atoms with Gasteiger partial charge in [0.25, 0.3) is 5.91 Å². The molecule has 6 heteroatoms. The molecular weight excluding hydrogens is 290 g/mol. The van der Waals surface area contributed by atoms with Crippen molar-refractivity contribution in [2.75, 3.05) is 13.3 Å². The molecule has 110 valence electrons. The van der Waals surface area contributed by atoms with Gasteiger partial charge >= 0.3 is 0 Å². The Bertz CT molecular complexity index is 652. The number of hydrogen-bond donors (Lipinski definition) is 2. The summed E-state index contributed by atoms with van der Waals surface area (Å²) in [7, 11) is 0. The molecule has 1 unspecified atom stereocenters. The van der Waals surface area contributed by atoms with Crippen LogP contribution in [0.3, 0.4) is 0 Å². The molecule has 1 aromatic heterocycles. The highest BCUT2D eigenvalue weighted by molar-refractivity contribution is 7.12. The van der Waals surface area contributed by atoms with Gasteiger partial charge in [-0.05, 0) is 36.1 Å². The molecule has 0 saturated carbocycles. The van der Waals surface area contributed by atoms with Gasteiger partial charge in [-0.2, -0.15) is 0 Å². The van der Waals surface area contributed by atoms with Gasteiger partial charge in [0, 0.05) is 0 Å². The lowest BCUT2D eigenvalue weighted by Crippen LogP contribution is -2.38. The third-order valence-electron chi connectivity index (χ3n) is 3.33. The van der Waals surface area contributed by atoms with Crippen LogP contribution in [0.1, 0.15) is 22.2 Å². The molecule has 1 aromatic carbocycles. The van der Waals surface area contributed by atoms with Crippen LogP contribution in [0.5, 0.6) is 11.5 Å².